The van der Waals surface area contributed by atoms with Gasteiger partial charge in [-0.25, -0.2) is 0 Å². The van der Waals surface area contributed by atoms with Gasteiger partial charge >= 0.3 is 0 Å². The highest BCUT2D eigenvalue weighted by Crippen LogP contribution is 2.27. The van der Waals surface area contributed by atoms with Crippen LogP contribution in [0.5, 0.6) is 0 Å². The third kappa shape index (κ3) is 5.22. The van der Waals surface area contributed by atoms with Crippen molar-refractivity contribution >= 4 is 19.4 Å². The highest BCUT2D eigenvalue weighted by atomic mass is 16.7. The first-order valence-electron chi connectivity index (χ1n) is 7.00. The average molecular weight is 331 g/mol. The Kier molecular flexibility index (Phi) is 8.06. The summed E-state index contributed by atoms with van der Waals surface area (Å²) in [4.78, 5) is 32.0. The van der Waals surface area contributed by atoms with Crippen molar-refractivity contribution in [3.63, 3.8) is 0 Å². The standard InChI is InChI=1S/C14H21NO8/c1-4-15-11-13(21-8-18)12(20-7-17)10(5-19-6-16)23-14(11)22-9(2)3/h4,6-15H,1,5H2,2-3H3/t10-,11+,12-,13-,14?/m1/s1. The number of rotatable bonds is 11. The molecule has 9 nitrogen and oxygen atoms in total. The van der Waals surface area contributed by atoms with Gasteiger partial charge in [-0.2, -0.15) is 0 Å². The van der Waals surface area contributed by atoms with Crippen LogP contribution in [0.1, 0.15) is 13.8 Å². The largest absolute Gasteiger partial charge is 0.465 e. The summed E-state index contributed by atoms with van der Waals surface area (Å²) in [6.07, 6.45) is -2.42. The zero-order valence-electron chi connectivity index (χ0n) is 13.0. The number of carbonyl (C=O) groups is 3. The lowest BCUT2D eigenvalue weighted by molar-refractivity contribution is -0.280. The molecule has 0 aromatic carbocycles. The second-order valence-corrected chi connectivity index (χ2v) is 4.95. The van der Waals surface area contributed by atoms with E-state index < -0.39 is 30.6 Å². The van der Waals surface area contributed by atoms with Crippen LogP contribution < -0.4 is 5.32 Å². The summed E-state index contributed by atoms with van der Waals surface area (Å²) < 4.78 is 26.1. The molecule has 0 aromatic heterocycles. The third-order valence-corrected chi connectivity index (χ3v) is 3.12. The molecule has 1 unspecified atom stereocenters. The molecule has 0 aromatic rings. The minimum Gasteiger partial charge on any atom is -0.465 e. The molecular weight excluding hydrogens is 310 g/mol. The van der Waals surface area contributed by atoms with Gasteiger partial charge in [0.05, 0.1) is 6.10 Å². The second-order valence-electron chi connectivity index (χ2n) is 4.95. The van der Waals surface area contributed by atoms with Gasteiger partial charge < -0.3 is 29.0 Å². The number of ether oxygens (including phenoxy) is 5. The quantitative estimate of drug-likeness (QED) is 0.395. The fraction of sp³-hybridized carbons (Fsp3) is 0.643. The van der Waals surface area contributed by atoms with E-state index in [1.54, 1.807) is 13.8 Å². The molecule has 0 radical (unpaired) electrons. The van der Waals surface area contributed by atoms with Crippen molar-refractivity contribution in [1.82, 2.24) is 5.32 Å². The number of hydrogen-bond donors (Lipinski definition) is 1. The van der Waals surface area contributed by atoms with Gasteiger partial charge in [0.2, 0.25) is 0 Å². The first-order valence-corrected chi connectivity index (χ1v) is 7.00. The van der Waals surface area contributed by atoms with Crippen molar-refractivity contribution in [2.24, 2.45) is 0 Å². The summed E-state index contributed by atoms with van der Waals surface area (Å²) in [6.45, 7) is 7.64. The molecule has 0 bridgehead atoms. The van der Waals surface area contributed by atoms with E-state index in [2.05, 4.69) is 16.6 Å². The zero-order valence-corrected chi connectivity index (χ0v) is 13.0. The molecule has 5 atom stereocenters. The lowest BCUT2D eigenvalue weighted by atomic mass is 9.96. The van der Waals surface area contributed by atoms with Gasteiger partial charge in [0.1, 0.15) is 18.8 Å². The summed E-state index contributed by atoms with van der Waals surface area (Å²) in [6, 6.07) is -0.669. The van der Waals surface area contributed by atoms with Gasteiger partial charge in [0.15, 0.2) is 18.5 Å². The lowest BCUT2D eigenvalue weighted by Gasteiger charge is -2.44. The van der Waals surface area contributed by atoms with E-state index in [1.807, 2.05) is 0 Å². The maximum absolute atomic E-state index is 10.8. The van der Waals surface area contributed by atoms with Gasteiger partial charge in [-0.05, 0) is 20.0 Å². The Bertz CT molecular complexity index is 402. The normalized spacial score (nSPS) is 30.1. The monoisotopic (exact) mass is 331 g/mol. The van der Waals surface area contributed by atoms with Crippen molar-refractivity contribution in [3.8, 4) is 0 Å². The van der Waals surface area contributed by atoms with E-state index in [0.29, 0.717) is 0 Å². The van der Waals surface area contributed by atoms with Gasteiger partial charge in [0, 0.05) is 0 Å². The molecule has 1 aliphatic heterocycles. The van der Waals surface area contributed by atoms with Crippen LogP contribution in [0.2, 0.25) is 0 Å². The summed E-state index contributed by atoms with van der Waals surface area (Å²) in [5.41, 5.74) is 0. The minimum atomic E-state index is -0.984. The Hall–Kier alpha value is -2.13. The maximum atomic E-state index is 10.8. The highest BCUT2D eigenvalue weighted by Gasteiger charge is 2.49. The Morgan fingerprint density at radius 3 is 2.30 bits per heavy atom. The Labute approximate surface area is 133 Å². The van der Waals surface area contributed by atoms with E-state index in [0.717, 1.165) is 0 Å². The van der Waals surface area contributed by atoms with Crippen LogP contribution in [-0.4, -0.2) is 62.8 Å². The summed E-state index contributed by atoms with van der Waals surface area (Å²) in [5.74, 6) is 0. The van der Waals surface area contributed by atoms with Gasteiger partial charge in [0.25, 0.3) is 19.4 Å². The number of hydrogen-bond acceptors (Lipinski definition) is 9. The molecule has 1 saturated heterocycles. The molecular formula is C14H21NO8. The molecule has 0 amide bonds. The average Bonchev–Trinajstić information content (AvgIpc) is 2.51. The first-order chi connectivity index (χ1) is 11.1. The van der Waals surface area contributed by atoms with Gasteiger partial charge in [-0.3, -0.25) is 14.4 Å². The molecule has 1 fully saturated rings. The van der Waals surface area contributed by atoms with E-state index >= 15 is 0 Å². The minimum absolute atomic E-state index is 0.192. The summed E-state index contributed by atoms with van der Waals surface area (Å²) in [7, 11) is 0. The Balaban J connectivity index is 3.08. The SMILES string of the molecule is C=CN[C@@H]1C(OC(C)C)O[C@H](COC=O)[C@@H](OC=O)[C@@H]1OC=O. The number of carbonyl (C=O) groups excluding carboxylic acids is 3. The summed E-state index contributed by atoms with van der Waals surface area (Å²) in [5, 5.41) is 2.86. The Morgan fingerprint density at radius 2 is 1.78 bits per heavy atom. The van der Waals surface area contributed by atoms with Crippen LogP contribution in [0, 0.1) is 0 Å². The highest BCUT2D eigenvalue weighted by molar-refractivity contribution is 5.40. The van der Waals surface area contributed by atoms with Crippen LogP contribution >= 0.6 is 0 Å². The fourth-order valence-corrected chi connectivity index (χ4v) is 2.32. The molecule has 1 N–H and O–H groups in total. The molecule has 1 aliphatic rings. The van der Waals surface area contributed by atoms with E-state index in [-0.39, 0.29) is 32.1 Å². The van der Waals surface area contributed by atoms with Gasteiger partial charge in [-0.1, -0.05) is 6.58 Å². The van der Waals surface area contributed by atoms with Crippen molar-refractivity contribution in [3.05, 3.63) is 12.8 Å². The molecule has 23 heavy (non-hydrogen) atoms. The molecule has 0 saturated carbocycles. The van der Waals surface area contributed by atoms with E-state index in [4.69, 9.17) is 18.9 Å². The van der Waals surface area contributed by atoms with Crippen molar-refractivity contribution in [1.29, 1.82) is 0 Å². The molecule has 1 heterocycles. The molecule has 9 heteroatoms. The molecule has 130 valence electrons. The smallest absolute Gasteiger partial charge is 0.293 e. The molecule has 0 spiro atoms. The van der Waals surface area contributed by atoms with Crippen molar-refractivity contribution < 1.29 is 38.1 Å². The topological polar surface area (TPSA) is 109 Å². The van der Waals surface area contributed by atoms with Crippen molar-refractivity contribution in [2.75, 3.05) is 6.61 Å². The van der Waals surface area contributed by atoms with Crippen LogP contribution in [0.25, 0.3) is 0 Å². The van der Waals surface area contributed by atoms with E-state index in [9.17, 15) is 14.4 Å². The predicted molar refractivity (Wildman–Crippen MR) is 75.9 cm³/mol. The lowest BCUT2D eigenvalue weighted by Crippen LogP contribution is -2.64. The third-order valence-electron chi connectivity index (χ3n) is 3.12. The predicted octanol–water partition coefficient (Wildman–Crippen LogP) is -0.506. The zero-order chi connectivity index (χ0) is 17.2. The van der Waals surface area contributed by atoms with E-state index in [1.165, 1.54) is 6.20 Å². The molecule has 0 aliphatic carbocycles. The summed E-state index contributed by atoms with van der Waals surface area (Å²) >= 11 is 0. The van der Waals surface area contributed by atoms with Crippen LogP contribution in [-0.2, 0) is 38.1 Å². The second kappa shape index (κ2) is 9.80. The number of nitrogens with one attached hydrogen (secondary N) is 1. The van der Waals surface area contributed by atoms with Crippen molar-refractivity contribution in [2.45, 2.75) is 50.6 Å². The maximum Gasteiger partial charge on any atom is 0.293 e. The molecule has 1 rings (SSSR count). The first kappa shape index (κ1) is 18.9. The van der Waals surface area contributed by atoms with Gasteiger partial charge in [-0.15, -0.1) is 0 Å². The fourth-order valence-electron chi connectivity index (χ4n) is 2.32. The van der Waals surface area contributed by atoms with Crippen LogP contribution in [0.15, 0.2) is 12.8 Å². The van der Waals surface area contributed by atoms with Crippen LogP contribution in [0.4, 0.5) is 0 Å². The van der Waals surface area contributed by atoms with Crippen LogP contribution in [0.3, 0.4) is 0 Å². The Morgan fingerprint density at radius 1 is 1.13 bits per heavy atom.